The van der Waals surface area contributed by atoms with Crippen LogP contribution in [0.2, 0.25) is 0 Å². The van der Waals surface area contributed by atoms with Gasteiger partial charge in [-0.15, -0.1) is 0 Å². The fourth-order valence-corrected chi connectivity index (χ4v) is 5.27. The first-order valence-corrected chi connectivity index (χ1v) is 13.0. The average molecular weight is 423 g/mol. The molecule has 31 heavy (non-hydrogen) atoms. The molecular formula is C30H43F. The van der Waals surface area contributed by atoms with E-state index in [-0.39, 0.29) is 0 Å². The quantitative estimate of drug-likeness (QED) is 0.299. The second-order valence-electron chi connectivity index (χ2n) is 9.83. The summed E-state index contributed by atoms with van der Waals surface area (Å²) in [4.78, 5) is 0. The lowest BCUT2D eigenvalue weighted by molar-refractivity contribution is 0.302. The van der Waals surface area contributed by atoms with E-state index in [9.17, 15) is 4.39 Å². The molecular weight excluding hydrogens is 379 g/mol. The molecule has 170 valence electrons. The summed E-state index contributed by atoms with van der Waals surface area (Å²) in [7, 11) is 0. The van der Waals surface area contributed by atoms with Crippen molar-refractivity contribution in [2.24, 2.45) is 5.92 Å². The first kappa shape index (κ1) is 24.0. The number of halogens is 1. The highest BCUT2D eigenvalue weighted by Crippen LogP contribution is 2.38. The van der Waals surface area contributed by atoms with Crippen LogP contribution in [-0.2, 0) is 6.42 Å². The zero-order chi connectivity index (χ0) is 21.9. The van der Waals surface area contributed by atoms with Crippen LogP contribution in [0.4, 0.5) is 4.39 Å². The Bertz CT molecular complexity index is 722. The molecule has 1 aliphatic carbocycles. The van der Waals surface area contributed by atoms with Gasteiger partial charge in [-0.2, -0.15) is 0 Å². The molecule has 1 atom stereocenters. The third kappa shape index (κ3) is 7.78. The Kier molecular flexibility index (Phi) is 10.1. The Morgan fingerprint density at radius 2 is 1.35 bits per heavy atom. The normalized spacial score (nSPS) is 20.0. The number of rotatable bonds is 12. The predicted molar refractivity (Wildman–Crippen MR) is 133 cm³/mol. The van der Waals surface area contributed by atoms with Crippen molar-refractivity contribution < 1.29 is 4.39 Å². The molecule has 1 saturated carbocycles. The van der Waals surface area contributed by atoms with E-state index in [0.717, 1.165) is 23.8 Å². The topological polar surface area (TPSA) is 0 Å². The van der Waals surface area contributed by atoms with E-state index >= 15 is 0 Å². The minimum atomic E-state index is -0.716. The van der Waals surface area contributed by atoms with Gasteiger partial charge in [0.1, 0.15) is 6.17 Å². The highest BCUT2D eigenvalue weighted by atomic mass is 19.1. The van der Waals surface area contributed by atoms with Gasteiger partial charge in [-0.3, -0.25) is 0 Å². The molecule has 0 N–H and O–H groups in total. The van der Waals surface area contributed by atoms with Crippen molar-refractivity contribution in [1.29, 1.82) is 0 Å². The van der Waals surface area contributed by atoms with Crippen molar-refractivity contribution >= 4 is 0 Å². The zero-order valence-corrected chi connectivity index (χ0v) is 19.9. The van der Waals surface area contributed by atoms with Gasteiger partial charge in [-0.25, -0.2) is 4.39 Å². The van der Waals surface area contributed by atoms with Gasteiger partial charge in [0.25, 0.3) is 0 Å². The lowest BCUT2D eigenvalue weighted by Crippen LogP contribution is -2.13. The molecule has 0 nitrogen and oxygen atoms in total. The fourth-order valence-electron chi connectivity index (χ4n) is 5.27. The lowest BCUT2D eigenvalue weighted by atomic mass is 9.77. The van der Waals surface area contributed by atoms with Crippen LogP contribution in [-0.4, -0.2) is 6.17 Å². The van der Waals surface area contributed by atoms with E-state index in [4.69, 9.17) is 0 Å². The van der Waals surface area contributed by atoms with Crippen LogP contribution in [0.5, 0.6) is 0 Å². The van der Waals surface area contributed by atoms with E-state index in [2.05, 4.69) is 55.5 Å². The molecule has 0 bridgehead atoms. The van der Waals surface area contributed by atoms with Gasteiger partial charge in [-0.1, -0.05) is 107 Å². The van der Waals surface area contributed by atoms with Gasteiger partial charge >= 0.3 is 0 Å². The van der Waals surface area contributed by atoms with Crippen LogP contribution < -0.4 is 0 Å². The summed E-state index contributed by atoms with van der Waals surface area (Å²) in [6.45, 7) is 4.33. The third-order valence-corrected chi connectivity index (χ3v) is 7.29. The highest BCUT2D eigenvalue weighted by molar-refractivity contribution is 5.64. The van der Waals surface area contributed by atoms with Gasteiger partial charge in [-0.05, 0) is 66.2 Å². The molecule has 1 fully saturated rings. The molecule has 2 aromatic carbocycles. The van der Waals surface area contributed by atoms with Gasteiger partial charge < -0.3 is 0 Å². The monoisotopic (exact) mass is 422 g/mol. The summed E-state index contributed by atoms with van der Waals surface area (Å²) >= 11 is 0. The first-order chi connectivity index (χ1) is 15.2. The van der Waals surface area contributed by atoms with Crippen molar-refractivity contribution in [3.63, 3.8) is 0 Å². The molecule has 0 spiro atoms. The van der Waals surface area contributed by atoms with Crippen molar-refractivity contribution in [1.82, 2.24) is 0 Å². The zero-order valence-electron chi connectivity index (χ0n) is 19.9. The van der Waals surface area contributed by atoms with Gasteiger partial charge in [0.2, 0.25) is 0 Å². The number of hydrogen-bond acceptors (Lipinski definition) is 0. The number of hydrogen-bond donors (Lipinski definition) is 0. The Labute approximate surface area is 190 Å². The Hall–Kier alpha value is -1.63. The summed E-state index contributed by atoms with van der Waals surface area (Å²) < 4.78 is 13.9. The van der Waals surface area contributed by atoms with Crippen LogP contribution in [0.15, 0.2) is 48.5 Å². The average Bonchev–Trinajstić information content (AvgIpc) is 2.80. The van der Waals surface area contributed by atoms with Crippen molar-refractivity contribution in [2.75, 3.05) is 0 Å². The van der Waals surface area contributed by atoms with Crippen molar-refractivity contribution in [3.8, 4) is 11.1 Å². The van der Waals surface area contributed by atoms with Gasteiger partial charge in [0, 0.05) is 6.42 Å². The number of alkyl halides is 1. The van der Waals surface area contributed by atoms with E-state index in [1.165, 1.54) is 80.9 Å². The molecule has 3 rings (SSSR count). The van der Waals surface area contributed by atoms with E-state index in [1.54, 1.807) is 0 Å². The first-order valence-electron chi connectivity index (χ1n) is 13.0. The lowest BCUT2D eigenvalue weighted by Gasteiger charge is -2.29. The van der Waals surface area contributed by atoms with Crippen LogP contribution in [0.25, 0.3) is 11.1 Å². The summed E-state index contributed by atoms with van der Waals surface area (Å²) in [6, 6.07) is 17.7. The molecule has 1 aliphatic rings. The summed E-state index contributed by atoms with van der Waals surface area (Å²) in [6.07, 6.45) is 15.4. The maximum Gasteiger partial charge on any atom is 0.104 e. The minimum Gasteiger partial charge on any atom is -0.247 e. The summed E-state index contributed by atoms with van der Waals surface area (Å²) in [5.74, 6) is 1.71. The molecule has 0 heterocycles. The van der Waals surface area contributed by atoms with Crippen LogP contribution in [0, 0.1) is 5.92 Å². The molecule has 0 saturated heterocycles. The van der Waals surface area contributed by atoms with E-state index in [0.29, 0.717) is 12.8 Å². The highest BCUT2D eigenvalue weighted by Gasteiger charge is 2.22. The SMILES string of the molecule is CCCCCCCC1CCC(c2ccc(-c3ccc(CC(F)CCC)cc3)cc2)CC1. The summed E-state index contributed by atoms with van der Waals surface area (Å²) in [5.41, 5.74) is 5.11. The van der Waals surface area contributed by atoms with Crippen molar-refractivity contribution in [2.45, 2.75) is 109 Å². The number of unbranched alkanes of at least 4 members (excludes halogenated alkanes) is 4. The Balaban J connectivity index is 1.46. The van der Waals surface area contributed by atoms with Crippen molar-refractivity contribution in [3.05, 3.63) is 59.7 Å². The van der Waals surface area contributed by atoms with Crippen LogP contribution in [0.1, 0.15) is 108 Å². The number of benzene rings is 2. The van der Waals surface area contributed by atoms with Crippen LogP contribution in [0.3, 0.4) is 0 Å². The van der Waals surface area contributed by atoms with E-state index in [1.807, 2.05) is 6.92 Å². The van der Waals surface area contributed by atoms with Gasteiger partial charge in [0.05, 0.1) is 0 Å². The largest absolute Gasteiger partial charge is 0.247 e. The van der Waals surface area contributed by atoms with Crippen LogP contribution >= 0.6 is 0 Å². The summed E-state index contributed by atoms with van der Waals surface area (Å²) in [5, 5.41) is 0. The third-order valence-electron chi connectivity index (χ3n) is 7.29. The fraction of sp³-hybridized carbons (Fsp3) is 0.600. The Morgan fingerprint density at radius 3 is 1.97 bits per heavy atom. The molecule has 0 amide bonds. The molecule has 1 heteroatoms. The van der Waals surface area contributed by atoms with E-state index < -0.39 is 6.17 Å². The molecule has 1 unspecified atom stereocenters. The maximum atomic E-state index is 13.9. The Morgan fingerprint density at radius 1 is 0.742 bits per heavy atom. The second-order valence-corrected chi connectivity index (χ2v) is 9.83. The second kappa shape index (κ2) is 13.0. The predicted octanol–water partition coefficient (Wildman–Crippen LogP) is 9.67. The molecule has 0 radical (unpaired) electrons. The molecule has 0 aromatic heterocycles. The minimum absolute atomic E-state index is 0.536. The molecule has 0 aliphatic heterocycles. The van der Waals surface area contributed by atoms with Gasteiger partial charge in [0.15, 0.2) is 0 Å². The molecule has 2 aromatic rings. The standard InChI is InChI=1S/C30H43F/c1-3-5-6-7-8-10-24-11-15-26(16-12-24)28-19-21-29(22-20-28)27-17-13-25(14-18-27)23-30(31)9-4-2/h13-14,17-22,24,26,30H,3-12,15-16,23H2,1-2H3. The maximum absolute atomic E-state index is 13.9. The smallest absolute Gasteiger partial charge is 0.104 e.